The Labute approximate surface area is 219 Å². The molecule has 36 heavy (non-hydrogen) atoms. The predicted octanol–water partition coefficient (Wildman–Crippen LogP) is 4.15. The van der Waals surface area contributed by atoms with E-state index in [9.17, 15) is 18.0 Å². The van der Waals surface area contributed by atoms with Crippen LogP contribution in [0, 0.1) is 6.92 Å². The molecule has 0 saturated carbocycles. The minimum Gasteiger partial charge on any atom is -0.497 e. The average Bonchev–Trinajstić information content (AvgIpc) is 2.82. The van der Waals surface area contributed by atoms with E-state index in [-0.39, 0.29) is 18.5 Å². The third-order valence-electron chi connectivity index (χ3n) is 5.98. The molecule has 0 aliphatic rings. The number of hydrogen-bond acceptors (Lipinski definition) is 5. The van der Waals surface area contributed by atoms with Gasteiger partial charge in [-0.1, -0.05) is 37.6 Å². The highest BCUT2D eigenvalue weighted by Crippen LogP contribution is 2.26. The van der Waals surface area contributed by atoms with Gasteiger partial charge in [-0.25, -0.2) is 8.42 Å². The highest BCUT2D eigenvalue weighted by Gasteiger charge is 2.32. The molecule has 2 rings (SSSR count). The molecule has 2 atom stereocenters. The highest BCUT2D eigenvalue weighted by molar-refractivity contribution is 7.92. The summed E-state index contributed by atoms with van der Waals surface area (Å²) in [6.07, 6.45) is 2.15. The van der Waals surface area contributed by atoms with E-state index in [1.165, 1.54) is 4.90 Å². The van der Waals surface area contributed by atoms with Crippen molar-refractivity contribution in [2.24, 2.45) is 0 Å². The highest BCUT2D eigenvalue weighted by atomic mass is 35.5. The van der Waals surface area contributed by atoms with Crippen molar-refractivity contribution >= 4 is 39.1 Å². The normalized spacial score (nSPS) is 13.0. The fourth-order valence-electron chi connectivity index (χ4n) is 3.82. The summed E-state index contributed by atoms with van der Waals surface area (Å²) < 4.78 is 31.9. The SMILES string of the molecule is CC[C@@H](C)NC(=O)[C@@H](CC)N(Cc1cccc(OC)c1)C(=O)CN(c1ccc(Cl)cc1C)S(C)(=O)=O. The summed E-state index contributed by atoms with van der Waals surface area (Å²) in [6, 6.07) is 11.2. The van der Waals surface area contributed by atoms with E-state index in [0.29, 0.717) is 28.4 Å². The molecule has 2 aromatic carbocycles. The van der Waals surface area contributed by atoms with Crippen LogP contribution in [0.2, 0.25) is 5.02 Å². The van der Waals surface area contributed by atoms with Gasteiger partial charge in [-0.2, -0.15) is 0 Å². The van der Waals surface area contributed by atoms with E-state index >= 15 is 0 Å². The molecule has 0 saturated heterocycles. The Morgan fingerprint density at radius 1 is 1.11 bits per heavy atom. The van der Waals surface area contributed by atoms with E-state index in [1.807, 2.05) is 26.8 Å². The Morgan fingerprint density at radius 3 is 2.36 bits per heavy atom. The van der Waals surface area contributed by atoms with Crippen molar-refractivity contribution in [1.82, 2.24) is 10.2 Å². The maximum Gasteiger partial charge on any atom is 0.244 e. The number of ether oxygens (including phenoxy) is 1. The second-order valence-corrected chi connectivity index (χ2v) is 11.2. The predicted molar refractivity (Wildman–Crippen MR) is 144 cm³/mol. The number of benzene rings is 2. The molecule has 10 heteroatoms. The van der Waals surface area contributed by atoms with Crippen LogP contribution in [0.4, 0.5) is 5.69 Å². The lowest BCUT2D eigenvalue weighted by molar-refractivity contribution is -0.140. The molecule has 198 valence electrons. The molecule has 0 aromatic heterocycles. The van der Waals surface area contributed by atoms with Crippen LogP contribution in [-0.4, -0.2) is 57.1 Å². The fraction of sp³-hybridized carbons (Fsp3) is 0.462. The van der Waals surface area contributed by atoms with E-state index in [4.69, 9.17) is 16.3 Å². The quantitative estimate of drug-likeness (QED) is 0.439. The van der Waals surface area contributed by atoms with Gasteiger partial charge in [0, 0.05) is 17.6 Å². The first-order valence-corrected chi connectivity index (χ1v) is 14.1. The van der Waals surface area contributed by atoms with Gasteiger partial charge in [-0.3, -0.25) is 13.9 Å². The van der Waals surface area contributed by atoms with E-state index in [0.717, 1.165) is 22.5 Å². The second-order valence-electron chi connectivity index (χ2n) is 8.82. The van der Waals surface area contributed by atoms with Gasteiger partial charge in [-0.15, -0.1) is 0 Å². The summed E-state index contributed by atoms with van der Waals surface area (Å²) in [5, 5.41) is 3.41. The minimum absolute atomic E-state index is 0.0652. The molecule has 0 heterocycles. The van der Waals surface area contributed by atoms with E-state index < -0.39 is 28.5 Å². The number of halogens is 1. The average molecular weight is 538 g/mol. The Hall–Kier alpha value is -2.78. The van der Waals surface area contributed by atoms with Crippen LogP contribution in [0.5, 0.6) is 5.75 Å². The number of rotatable bonds is 12. The number of aryl methyl sites for hydroxylation is 1. The van der Waals surface area contributed by atoms with Crippen LogP contribution in [0.25, 0.3) is 0 Å². The van der Waals surface area contributed by atoms with Crippen LogP contribution < -0.4 is 14.4 Å². The van der Waals surface area contributed by atoms with Gasteiger partial charge in [0.05, 0.1) is 19.1 Å². The molecule has 0 aliphatic heterocycles. The molecule has 0 unspecified atom stereocenters. The minimum atomic E-state index is -3.82. The molecule has 0 bridgehead atoms. The lowest BCUT2D eigenvalue weighted by Crippen LogP contribution is -2.53. The largest absolute Gasteiger partial charge is 0.497 e. The molecule has 8 nitrogen and oxygen atoms in total. The van der Waals surface area contributed by atoms with Crippen molar-refractivity contribution in [1.29, 1.82) is 0 Å². The number of amides is 2. The van der Waals surface area contributed by atoms with Crippen LogP contribution >= 0.6 is 11.6 Å². The lowest BCUT2D eigenvalue weighted by atomic mass is 10.1. The van der Waals surface area contributed by atoms with Crippen LogP contribution in [0.3, 0.4) is 0 Å². The summed E-state index contributed by atoms with van der Waals surface area (Å²) >= 11 is 6.06. The molecule has 0 radical (unpaired) electrons. The zero-order chi connectivity index (χ0) is 27.0. The second kappa shape index (κ2) is 13.0. The molecule has 2 amide bonds. The molecule has 0 spiro atoms. The van der Waals surface area contributed by atoms with Gasteiger partial charge in [0.25, 0.3) is 0 Å². The van der Waals surface area contributed by atoms with Gasteiger partial charge in [0.1, 0.15) is 18.3 Å². The first-order chi connectivity index (χ1) is 16.9. The molecule has 0 aliphatic carbocycles. The number of anilines is 1. The van der Waals surface area contributed by atoms with Crippen molar-refractivity contribution in [3.63, 3.8) is 0 Å². The van der Waals surface area contributed by atoms with Gasteiger partial charge in [-0.05, 0) is 68.1 Å². The standard InChI is InChI=1S/C26H36ClN3O5S/c1-7-19(4)28-26(32)23(8-2)29(16-20-10-9-11-22(15-20)35-5)25(31)17-30(36(6,33)34)24-13-12-21(27)14-18(24)3/h9-15,19,23H,7-8,16-17H2,1-6H3,(H,28,32)/t19-,23-/m1/s1. The first-order valence-electron chi connectivity index (χ1n) is 11.9. The molecule has 2 aromatic rings. The van der Waals surface area contributed by atoms with Gasteiger partial charge < -0.3 is 15.0 Å². The molecule has 1 N–H and O–H groups in total. The molecular weight excluding hydrogens is 502 g/mol. The third-order valence-corrected chi connectivity index (χ3v) is 7.34. The van der Waals surface area contributed by atoms with Gasteiger partial charge in [0.15, 0.2) is 0 Å². The number of methoxy groups -OCH3 is 1. The Balaban J connectivity index is 2.49. The smallest absolute Gasteiger partial charge is 0.244 e. The summed E-state index contributed by atoms with van der Waals surface area (Å²) in [4.78, 5) is 28.4. The van der Waals surface area contributed by atoms with Crippen LogP contribution in [-0.2, 0) is 26.2 Å². The van der Waals surface area contributed by atoms with Crippen molar-refractivity contribution in [2.75, 3.05) is 24.2 Å². The zero-order valence-corrected chi connectivity index (χ0v) is 23.3. The molecular formula is C26H36ClN3O5S. The Bertz CT molecular complexity index is 1170. The number of carbonyl (C=O) groups excluding carboxylic acids is 2. The maximum atomic E-state index is 13.8. The number of carbonyl (C=O) groups is 2. The summed E-state index contributed by atoms with van der Waals surface area (Å²) in [7, 11) is -2.27. The van der Waals surface area contributed by atoms with Crippen molar-refractivity contribution < 1.29 is 22.7 Å². The summed E-state index contributed by atoms with van der Waals surface area (Å²) in [6.45, 7) is 7.06. The lowest BCUT2D eigenvalue weighted by Gasteiger charge is -2.33. The van der Waals surface area contributed by atoms with Crippen molar-refractivity contribution in [3.05, 3.63) is 58.6 Å². The van der Waals surface area contributed by atoms with E-state index in [2.05, 4.69) is 5.32 Å². The Morgan fingerprint density at radius 2 is 1.81 bits per heavy atom. The number of sulfonamides is 1. The maximum absolute atomic E-state index is 13.8. The first kappa shape index (κ1) is 29.5. The zero-order valence-electron chi connectivity index (χ0n) is 21.7. The fourth-order valence-corrected chi connectivity index (χ4v) is 4.96. The van der Waals surface area contributed by atoms with Crippen LogP contribution in [0.1, 0.15) is 44.7 Å². The number of nitrogens with zero attached hydrogens (tertiary/aromatic N) is 2. The van der Waals surface area contributed by atoms with Gasteiger partial charge in [0.2, 0.25) is 21.8 Å². The van der Waals surface area contributed by atoms with Crippen molar-refractivity contribution in [3.8, 4) is 5.75 Å². The van der Waals surface area contributed by atoms with Gasteiger partial charge >= 0.3 is 0 Å². The number of hydrogen-bond donors (Lipinski definition) is 1. The summed E-state index contributed by atoms with van der Waals surface area (Å²) in [5.74, 6) is -0.160. The number of nitrogens with one attached hydrogen (secondary N) is 1. The monoisotopic (exact) mass is 537 g/mol. The topological polar surface area (TPSA) is 96.0 Å². The van der Waals surface area contributed by atoms with E-state index in [1.54, 1.807) is 50.4 Å². The van der Waals surface area contributed by atoms with Crippen LogP contribution in [0.15, 0.2) is 42.5 Å². The summed E-state index contributed by atoms with van der Waals surface area (Å²) in [5.41, 5.74) is 1.72. The molecule has 0 fully saturated rings. The third kappa shape index (κ3) is 7.86. The Kier molecular flexibility index (Phi) is 10.6. The van der Waals surface area contributed by atoms with Crippen molar-refractivity contribution in [2.45, 2.75) is 59.2 Å².